The zero-order valence-corrected chi connectivity index (χ0v) is 19.0. The second-order valence-corrected chi connectivity index (χ2v) is 8.68. The van der Waals surface area contributed by atoms with Gasteiger partial charge in [0.1, 0.15) is 10.6 Å². The Labute approximate surface area is 198 Å². The van der Waals surface area contributed by atoms with Crippen LogP contribution in [-0.4, -0.2) is 20.7 Å². The number of aromatic nitrogens is 1. The minimum Gasteiger partial charge on any atom is -0.322 e. The van der Waals surface area contributed by atoms with Crippen LogP contribution < -0.4 is 5.32 Å². The van der Waals surface area contributed by atoms with Gasteiger partial charge in [-0.25, -0.2) is 4.98 Å². The number of carbonyl (C=O) groups excluding carboxylic acids is 1. The van der Waals surface area contributed by atoms with E-state index in [4.69, 9.17) is 4.98 Å². The number of amides is 1. The highest BCUT2D eigenvalue weighted by Gasteiger charge is 2.25. The predicted molar refractivity (Wildman–Crippen MR) is 130 cm³/mol. The summed E-state index contributed by atoms with van der Waals surface area (Å²) in [4.78, 5) is 39.5. The van der Waals surface area contributed by atoms with Crippen LogP contribution in [0.25, 0.3) is 21.8 Å². The molecule has 4 aromatic rings. The number of nitro benzene ring substituents is 2. The van der Waals surface area contributed by atoms with Crippen molar-refractivity contribution in [3.63, 3.8) is 0 Å². The zero-order chi connectivity index (χ0) is 24.4. The van der Waals surface area contributed by atoms with Crippen LogP contribution in [0.2, 0.25) is 0 Å². The number of anilines is 1. The number of thiazole rings is 1. The zero-order valence-electron chi connectivity index (χ0n) is 18.1. The van der Waals surface area contributed by atoms with Gasteiger partial charge in [-0.2, -0.15) is 0 Å². The molecule has 0 unspecified atom stereocenters. The van der Waals surface area contributed by atoms with E-state index in [9.17, 15) is 25.0 Å². The van der Waals surface area contributed by atoms with Crippen LogP contribution in [0.4, 0.5) is 17.1 Å². The van der Waals surface area contributed by atoms with E-state index in [2.05, 4.69) is 5.32 Å². The van der Waals surface area contributed by atoms with Gasteiger partial charge in [-0.3, -0.25) is 25.0 Å². The van der Waals surface area contributed by atoms with Gasteiger partial charge >= 0.3 is 0 Å². The van der Waals surface area contributed by atoms with Crippen molar-refractivity contribution >= 4 is 34.3 Å². The maximum Gasteiger partial charge on any atom is 0.279 e. The summed E-state index contributed by atoms with van der Waals surface area (Å²) in [5, 5.41) is 26.1. The number of rotatable bonds is 6. The Bertz CT molecular complexity index is 1380. The van der Waals surface area contributed by atoms with Crippen molar-refractivity contribution in [1.82, 2.24) is 4.98 Å². The topological polar surface area (TPSA) is 128 Å². The van der Waals surface area contributed by atoms with Gasteiger partial charge in [-0.15, -0.1) is 11.3 Å². The van der Waals surface area contributed by atoms with E-state index in [-0.39, 0.29) is 11.1 Å². The Morgan fingerprint density at radius 1 is 0.882 bits per heavy atom. The second kappa shape index (κ2) is 9.20. The molecule has 1 aromatic heterocycles. The molecule has 0 spiro atoms. The van der Waals surface area contributed by atoms with Crippen molar-refractivity contribution in [3.8, 4) is 21.8 Å². The number of benzene rings is 3. The number of carbonyl (C=O) groups is 1. The third-order valence-electron chi connectivity index (χ3n) is 5.24. The van der Waals surface area contributed by atoms with Crippen LogP contribution in [0.15, 0.2) is 66.7 Å². The quantitative estimate of drug-likeness (QED) is 0.263. The molecule has 170 valence electrons. The fraction of sp³-hybridized carbons (Fsp3) is 0.0833. The molecule has 1 N–H and O–H groups in total. The smallest absolute Gasteiger partial charge is 0.279 e. The second-order valence-electron chi connectivity index (χ2n) is 7.48. The van der Waals surface area contributed by atoms with E-state index in [0.717, 1.165) is 38.8 Å². The summed E-state index contributed by atoms with van der Waals surface area (Å²) >= 11 is 1.59. The molecule has 0 aliphatic carbocycles. The Hall–Kier alpha value is -4.44. The van der Waals surface area contributed by atoms with Crippen molar-refractivity contribution in [1.29, 1.82) is 0 Å². The highest BCUT2D eigenvalue weighted by molar-refractivity contribution is 7.15. The molecule has 0 fully saturated rings. The molecule has 0 radical (unpaired) electrons. The molecule has 3 aromatic carbocycles. The molecule has 0 aliphatic rings. The van der Waals surface area contributed by atoms with Gasteiger partial charge < -0.3 is 5.32 Å². The van der Waals surface area contributed by atoms with Gasteiger partial charge in [0.15, 0.2) is 0 Å². The minimum atomic E-state index is -0.742. The molecule has 0 bridgehead atoms. The molecular formula is C24H18N4O5S. The van der Waals surface area contributed by atoms with Gasteiger partial charge in [0.2, 0.25) is 0 Å². The third kappa shape index (κ3) is 4.52. The summed E-state index contributed by atoms with van der Waals surface area (Å²) in [7, 11) is 0. The number of hydrogen-bond acceptors (Lipinski definition) is 7. The van der Waals surface area contributed by atoms with Crippen molar-refractivity contribution < 1.29 is 14.6 Å². The first-order valence-electron chi connectivity index (χ1n) is 10.1. The Kier molecular flexibility index (Phi) is 6.15. The fourth-order valence-electron chi connectivity index (χ4n) is 3.48. The first-order chi connectivity index (χ1) is 16.2. The maximum atomic E-state index is 12.7. The van der Waals surface area contributed by atoms with Crippen LogP contribution in [0.1, 0.15) is 20.8 Å². The largest absolute Gasteiger partial charge is 0.322 e. The van der Waals surface area contributed by atoms with Crippen LogP contribution in [0.5, 0.6) is 0 Å². The lowest BCUT2D eigenvalue weighted by molar-refractivity contribution is -0.395. The van der Waals surface area contributed by atoms with E-state index < -0.39 is 27.1 Å². The fourth-order valence-corrected chi connectivity index (χ4v) is 4.42. The highest BCUT2D eigenvalue weighted by atomic mass is 32.1. The first kappa shape index (κ1) is 22.7. The Morgan fingerprint density at radius 2 is 1.47 bits per heavy atom. The number of nitrogens with zero attached hydrogens (tertiary/aromatic N) is 3. The number of aryl methyl sites for hydroxylation is 1. The Morgan fingerprint density at radius 3 is 2.03 bits per heavy atom. The average Bonchev–Trinajstić information content (AvgIpc) is 3.21. The molecule has 0 saturated heterocycles. The van der Waals surface area contributed by atoms with Gasteiger partial charge in [-0.05, 0) is 26.0 Å². The SMILES string of the molecule is Cc1sc(-c2ccccc2)nc1-c1ccc(NC(=O)c2cc([N+](=O)[O-])c(C)c([N+](=O)[O-])c2)cc1. The first-order valence-corrected chi connectivity index (χ1v) is 10.9. The van der Waals surface area contributed by atoms with Crippen molar-refractivity contribution in [2.75, 3.05) is 5.32 Å². The summed E-state index contributed by atoms with van der Waals surface area (Å²) in [6.45, 7) is 3.27. The summed E-state index contributed by atoms with van der Waals surface area (Å²) in [5.41, 5.74) is 1.94. The molecule has 0 atom stereocenters. The highest BCUT2D eigenvalue weighted by Crippen LogP contribution is 2.34. The van der Waals surface area contributed by atoms with Gasteiger partial charge in [0.25, 0.3) is 17.3 Å². The summed E-state index contributed by atoms with van der Waals surface area (Å²) in [6.07, 6.45) is 0. The van der Waals surface area contributed by atoms with E-state index in [1.165, 1.54) is 6.92 Å². The maximum absolute atomic E-state index is 12.7. The lowest BCUT2D eigenvalue weighted by Gasteiger charge is -2.08. The summed E-state index contributed by atoms with van der Waals surface area (Å²) < 4.78 is 0. The van der Waals surface area contributed by atoms with E-state index in [1.807, 2.05) is 49.4 Å². The molecule has 0 saturated carbocycles. The van der Waals surface area contributed by atoms with Crippen molar-refractivity contribution in [3.05, 3.63) is 103 Å². The van der Waals surface area contributed by atoms with Crippen LogP contribution >= 0.6 is 11.3 Å². The summed E-state index contributed by atoms with van der Waals surface area (Å²) in [5.74, 6) is -0.685. The van der Waals surface area contributed by atoms with Crippen LogP contribution in [-0.2, 0) is 0 Å². The average molecular weight is 474 g/mol. The van der Waals surface area contributed by atoms with E-state index >= 15 is 0 Å². The molecule has 1 amide bonds. The molecule has 0 aliphatic heterocycles. The lowest BCUT2D eigenvalue weighted by atomic mass is 10.1. The summed E-state index contributed by atoms with van der Waals surface area (Å²) in [6, 6.07) is 18.9. The van der Waals surface area contributed by atoms with Gasteiger partial charge in [-0.1, -0.05) is 42.5 Å². The van der Waals surface area contributed by atoms with Crippen LogP contribution in [0, 0.1) is 34.1 Å². The van der Waals surface area contributed by atoms with Crippen LogP contribution in [0.3, 0.4) is 0 Å². The third-order valence-corrected chi connectivity index (χ3v) is 6.26. The molecule has 10 heteroatoms. The van der Waals surface area contributed by atoms with E-state index in [1.54, 1.807) is 23.5 Å². The number of nitro groups is 2. The molecule has 9 nitrogen and oxygen atoms in total. The standard InChI is InChI=1S/C24H18N4O5S/c1-14-20(27(30)31)12-18(13-21(14)28(32)33)23(29)25-19-10-8-16(9-11-19)22-15(2)34-24(26-22)17-6-4-3-5-7-17/h3-13H,1-2H3,(H,25,29). The molecule has 4 rings (SSSR count). The molecule has 34 heavy (non-hydrogen) atoms. The van der Waals surface area contributed by atoms with Gasteiger partial charge in [0.05, 0.1) is 21.1 Å². The Balaban J connectivity index is 1.57. The molecule has 1 heterocycles. The van der Waals surface area contributed by atoms with Crippen molar-refractivity contribution in [2.45, 2.75) is 13.8 Å². The number of hydrogen-bond donors (Lipinski definition) is 1. The monoisotopic (exact) mass is 474 g/mol. The van der Waals surface area contributed by atoms with Crippen molar-refractivity contribution in [2.24, 2.45) is 0 Å². The number of nitrogens with one attached hydrogen (secondary N) is 1. The lowest BCUT2D eigenvalue weighted by Crippen LogP contribution is -2.13. The normalized spacial score (nSPS) is 10.6. The van der Waals surface area contributed by atoms with Gasteiger partial charge in [0, 0.05) is 33.8 Å². The predicted octanol–water partition coefficient (Wildman–Crippen LogP) is 6.16. The minimum absolute atomic E-state index is 0.107. The molecular weight excluding hydrogens is 456 g/mol. The van der Waals surface area contributed by atoms with E-state index in [0.29, 0.717) is 5.69 Å².